The van der Waals surface area contributed by atoms with Crippen LogP contribution in [-0.4, -0.2) is 56.4 Å². The Bertz CT molecular complexity index is 303. The zero-order valence-electron chi connectivity index (χ0n) is 9.85. The van der Waals surface area contributed by atoms with Crippen LogP contribution in [0.2, 0.25) is 0 Å². The maximum Gasteiger partial charge on any atom is 2.00 e. The molecule has 0 radical (unpaired) electrons. The van der Waals surface area contributed by atoms with E-state index in [2.05, 4.69) is 0 Å². The Morgan fingerprint density at radius 1 is 0.737 bits per heavy atom. The molecular formula is C8H14N2O8Zn+2. The molecule has 0 saturated carbocycles. The minimum atomic E-state index is -1.29. The summed E-state index contributed by atoms with van der Waals surface area (Å²) in [5.41, 5.74) is 9.67. The van der Waals surface area contributed by atoms with Crippen molar-refractivity contribution >= 4 is 23.9 Å². The summed E-state index contributed by atoms with van der Waals surface area (Å²) in [5.74, 6) is -5.00. The van der Waals surface area contributed by atoms with Gasteiger partial charge < -0.3 is 31.9 Å². The molecular weight excluding hydrogens is 317 g/mol. The second-order valence-electron chi connectivity index (χ2n) is 3.09. The minimum Gasteiger partial charge on any atom is -0.481 e. The maximum atomic E-state index is 9.85. The van der Waals surface area contributed by atoms with Gasteiger partial charge in [0.2, 0.25) is 0 Å². The molecule has 0 unspecified atom stereocenters. The molecule has 0 aliphatic rings. The van der Waals surface area contributed by atoms with E-state index in [0.717, 1.165) is 0 Å². The predicted molar refractivity (Wildman–Crippen MR) is 55.7 cm³/mol. The van der Waals surface area contributed by atoms with Gasteiger partial charge in [0, 0.05) is 0 Å². The third-order valence-corrected chi connectivity index (χ3v) is 1.42. The molecule has 19 heavy (non-hydrogen) atoms. The molecule has 10 nitrogen and oxygen atoms in total. The van der Waals surface area contributed by atoms with E-state index in [1.54, 1.807) is 0 Å². The number of carboxylic acid groups (broad SMARTS) is 4. The molecule has 0 bridgehead atoms. The van der Waals surface area contributed by atoms with Crippen molar-refractivity contribution in [3.05, 3.63) is 0 Å². The van der Waals surface area contributed by atoms with Gasteiger partial charge in [-0.1, -0.05) is 0 Å². The number of rotatable bonds is 6. The van der Waals surface area contributed by atoms with Gasteiger partial charge in [0.1, 0.15) is 12.1 Å². The summed E-state index contributed by atoms with van der Waals surface area (Å²) < 4.78 is 0. The summed E-state index contributed by atoms with van der Waals surface area (Å²) in [4.78, 5) is 39.2. The van der Waals surface area contributed by atoms with E-state index >= 15 is 0 Å². The fourth-order valence-electron chi connectivity index (χ4n) is 0.551. The van der Waals surface area contributed by atoms with Crippen molar-refractivity contribution in [3.63, 3.8) is 0 Å². The molecule has 104 valence electrons. The van der Waals surface area contributed by atoms with Gasteiger partial charge in [0.05, 0.1) is 12.8 Å². The van der Waals surface area contributed by atoms with Crippen LogP contribution in [0.5, 0.6) is 0 Å². The summed E-state index contributed by atoms with van der Waals surface area (Å²) in [6.07, 6.45) is -1.06. The smallest absolute Gasteiger partial charge is 0.481 e. The monoisotopic (exact) mass is 330 g/mol. The Balaban J connectivity index is -0.000000256. The molecule has 0 aromatic heterocycles. The third-order valence-electron chi connectivity index (χ3n) is 1.42. The molecule has 0 fully saturated rings. The zero-order chi connectivity index (χ0) is 14.9. The van der Waals surface area contributed by atoms with Crippen LogP contribution in [0, 0.1) is 0 Å². The molecule has 11 heteroatoms. The summed E-state index contributed by atoms with van der Waals surface area (Å²) in [6, 6.07) is -2.58. The Morgan fingerprint density at radius 2 is 0.947 bits per heavy atom. The quantitative estimate of drug-likeness (QED) is 0.288. The first-order valence-corrected chi connectivity index (χ1v) is 4.48. The van der Waals surface area contributed by atoms with Crippen LogP contribution in [0.15, 0.2) is 0 Å². The number of nitrogens with two attached hydrogens (primary N) is 2. The van der Waals surface area contributed by atoms with Crippen LogP contribution in [0.25, 0.3) is 0 Å². The van der Waals surface area contributed by atoms with Crippen molar-refractivity contribution in [2.45, 2.75) is 24.9 Å². The molecule has 0 aliphatic heterocycles. The fraction of sp³-hybridized carbons (Fsp3) is 0.500. The van der Waals surface area contributed by atoms with E-state index in [-0.39, 0.29) is 19.5 Å². The van der Waals surface area contributed by atoms with Crippen molar-refractivity contribution in [2.24, 2.45) is 11.5 Å². The number of carboxylic acids is 4. The van der Waals surface area contributed by atoms with E-state index in [1.165, 1.54) is 0 Å². The van der Waals surface area contributed by atoms with Crippen molar-refractivity contribution in [2.75, 3.05) is 0 Å². The van der Waals surface area contributed by atoms with Gasteiger partial charge in [0.25, 0.3) is 0 Å². The molecule has 2 atom stereocenters. The molecule has 0 spiro atoms. The number of hydrogen-bond donors (Lipinski definition) is 6. The zero-order valence-corrected chi connectivity index (χ0v) is 12.8. The second-order valence-corrected chi connectivity index (χ2v) is 3.09. The van der Waals surface area contributed by atoms with Gasteiger partial charge in [-0.05, 0) is 0 Å². The maximum absolute atomic E-state index is 9.85. The van der Waals surface area contributed by atoms with E-state index in [9.17, 15) is 19.2 Å². The Morgan fingerprint density at radius 3 is 1.00 bits per heavy atom. The first-order valence-electron chi connectivity index (χ1n) is 4.48. The molecule has 8 N–H and O–H groups in total. The van der Waals surface area contributed by atoms with Gasteiger partial charge in [-0.3, -0.25) is 19.2 Å². The number of aliphatic carboxylic acids is 4. The summed E-state index contributed by atoms with van der Waals surface area (Å²) in [5, 5.41) is 32.1. The molecule has 0 rings (SSSR count). The molecule has 0 saturated heterocycles. The average Bonchev–Trinajstić information content (AvgIpc) is 2.16. The van der Waals surface area contributed by atoms with Crippen molar-refractivity contribution < 1.29 is 59.1 Å². The summed E-state index contributed by atoms with van der Waals surface area (Å²) >= 11 is 0. The van der Waals surface area contributed by atoms with Crippen molar-refractivity contribution in [1.29, 1.82) is 0 Å². The van der Waals surface area contributed by atoms with E-state index in [4.69, 9.17) is 31.9 Å². The molecule has 0 amide bonds. The van der Waals surface area contributed by atoms with Crippen LogP contribution in [-0.2, 0) is 38.7 Å². The number of carbonyl (C=O) groups is 4. The van der Waals surface area contributed by atoms with Crippen LogP contribution in [0.4, 0.5) is 0 Å². The second kappa shape index (κ2) is 11.5. The predicted octanol–water partition coefficient (Wildman–Crippen LogP) is -2.26. The van der Waals surface area contributed by atoms with E-state index < -0.39 is 48.8 Å². The standard InChI is InChI=1S/2C4H7NO4.Zn/c2*5-2(4(8)9)1-3(6)7;/h2*2H,1,5H2,(H,6,7)(H,8,9);/q;;+2/t2*2-;/m00./s1. The Kier molecular flexibility index (Phi) is 13.7. The van der Waals surface area contributed by atoms with Crippen LogP contribution < -0.4 is 11.5 Å². The normalized spacial score (nSPS) is 11.9. The fourth-order valence-corrected chi connectivity index (χ4v) is 0.551. The summed E-state index contributed by atoms with van der Waals surface area (Å²) in [7, 11) is 0. The average molecular weight is 332 g/mol. The number of hydrogen-bond acceptors (Lipinski definition) is 6. The van der Waals surface area contributed by atoms with Crippen LogP contribution in [0.1, 0.15) is 12.8 Å². The first kappa shape index (κ1) is 22.6. The summed E-state index contributed by atoms with van der Waals surface area (Å²) in [6.45, 7) is 0. The Labute approximate surface area is 120 Å². The van der Waals surface area contributed by atoms with Gasteiger partial charge in [-0.25, -0.2) is 0 Å². The van der Waals surface area contributed by atoms with Gasteiger partial charge in [-0.2, -0.15) is 0 Å². The van der Waals surface area contributed by atoms with Crippen LogP contribution in [0.3, 0.4) is 0 Å². The third kappa shape index (κ3) is 16.4. The van der Waals surface area contributed by atoms with Gasteiger partial charge in [-0.15, -0.1) is 0 Å². The first-order chi connectivity index (χ1) is 8.07. The topological polar surface area (TPSA) is 201 Å². The van der Waals surface area contributed by atoms with Crippen molar-refractivity contribution in [1.82, 2.24) is 0 Å². The van der Waals surface area contributed by atoms with Gasteiger partial charge >= 0.3 is 43.4 Å². The largest absolute Gasteiger partial charge is 2.00 e. The van der Waals surface area contributed by atoms with Crippen LogP contribution >= 0.6 is 0 Å². The molecule has 0 aromatic rings. The van der Waals surface area contributed by atoms with E-state index in [0.29, 0.717) is 0 Å². The molecule has 0 aliphatic carbocycles. The SMILES string of the molecule is N[C@@H](CC(=O)O)C(=O)O.N[C@@H](CC(=O)O)C(=O)O.[Zn+2]. The minimum absolute atomic E-state index is 0. The van der Waals surface area contributed by atoms with Crippen molar-refractivity contribution in [3.8, 4) is 0 Å². The molecule has 0 heterocycles. The van der Waals surface area contributed by atoms with Gasteiger partial charge in [0.15, 0.2) is 0 Å². The Hall–Kier alpha value is -1.58. The van der Waals surface area contributed by atoms with E-state index in [1.807, 2.05) is 0 Å². The molecule has 0 aromatic carbocycles.